The van der Waals surface area contributed by atoms with E-state index in [2.05, 4.69) is 5.32 Å². The van der Waals surface area contributed by atoms with Gasteiger partial charge in [-0.15, -0.1) is 0 Å². The number of aromatic nitrogens is 1. The fraction of sp³-hybridized carbons (Fsp3) is 0.457. The average Bonchev–Trinajstić information content (AvgIpc) is 3.02. The fourth-order valence-corrected chi connectivity index (χ4v) is 8.18. The highest BCUT2D eigenvalue weighted by Crippen LogP contribution is 2.58. The smallest absolute Gasteiger partial charge is 0.330 e. The first-order chi connectivity index (χ1) is 21.6. The summed E-state index contributed by atoms with van der Waals surface area (Å²) in [4.78, 5) is 33.9. The van der Waals surface area contributed by atoms with Crippen molar-refractivity contribution in [2.75, 3.05) is 41.5 Å². The van der Waals surface area contributed by atoms with Gasteiger partial charge in [-0.3, -0.25) is 4.79 Å². The minimum Gasteiger partial charge on any atom is -0.496 e. The SMILES string of the molecule is COc1cccc(OC)c1-c1ccc(C(=O)NC2(C(=O)O)C3CC4CC(C3)CC2C4)nc1-c1ccc(Cl)c(OCCN(C)C)c1. The number of hydrogen-bond donors (Lipinski definition) is 2. The number of methoxy groups -OCH3 is 2. The van der Waals surface area contributed by atoms with E-state index in [1.54, 1.807) is 26.4 Å². The summed E-state index contributed by atoms with van der Waals surface area (Å²) in [5.41, 5.74) is 1.33. The third-order valence-electron chi connectivity index (χ3n) is 9.93. The van der Waals surface area contributed by atoms with Crippen LogP contribution in [-0.2, 0) is 4.79 Å². The van der Waals surface area contributed by atoms with Crippen molar-refractivity contribution in [1.82, 2.24) is 15.2 Å². The van der Waals surface area contributed by atoms with Gasteiger partial charge in [-0.25, -0.2) is 9.78 Å². The molecule has 4 fully saturated rings. The summed E-state index contributed by atoms with van der Waals surface area (Å²) in [6.07, 6.45) is 4.54. The van der Waals surface area contributed by atoms with Crippen LogP contribution >= 0.6 is 11.6 Å². The lowest BCUT2D eigenvalue weighted by molar-refractivity contribution is -0.163. The molecule has 2 aromatic carbocycles. The van der Waals surface area contributed by atoms with E-state index in [0.717, 1.165) is 25.7 Å². The number of carboxylic acid groups (broad SMARTS) is 1. The number of amides is 1. The average molecular weight is 634 g/mol. The Morgan fingerprint density at radius 2 is 1.60 bits per heavy atom. The van der Waals surface area contributed by atoms with Crippen LogP contribution in [0.1, 0.15) is 42.6 Å². The molecule has 1 aromatic heterocycles. The molecule has 4 aliphatic carbocycles. The lowest BCUT2D eigenvalue weighted by Gasteiger charge is -2.59. The summed E-state index contributed by atoms with van der Waals surface area (Å²) >= 11 is 6.53. The molecule has 0 saturated heterocycles. The monoisotopic (exact) mass is 633 g/mol. The summed E-state index contributed by atoms with van der Waals surface area (Å²) in [6, 6.07) is 14.3. The standard InChI is InChI=1S/C35H40ClN3O6/c1-39(2)12-13-45-30-19-22(8-10-26(30)36)32-25(31-28(43-3)6-5-7-29(31)44-4)9-11-27(37-32)33(40)38-35(34(41)42)23-15-20-14-21(17-23)18-24(35)16-20/h5-11,19-21,23-24H,12-18H2,1-4H3,(H,38,40)(H,41,42). The van der Waals surface area contributed by atoms with Crippen LogP contribution in [-0.4, -0.2) is 73.9 Å². The molecule has 0 radical (unpaired) electrons. The van der Waals surface area contributed by atoms with E-state index in [1.807, 2.05) is 55.4 Å². The van der Waals surface area contributed by atoms with E-state index in [9.17, 15) is 14.7 Å². The molecule has 45 heavy (non-hydrogen) atoms. The highest BCUT2D eigenvalue weighted by Gasteiger charge is 2.62. The molecule has 4 saturated carbocycles. The summed E-state index contributed by atoms with van der Waals surface area (Å²) < 4.78 is 17.5. The summed E-state index contributed by atoms with van der Waals surface area (Å²) in [5, 5.41) is 14.1. The topological polar surface area (TPSA) is 110 Å². The first-order valence-corrected chi connectivity index (χ1v) is 15.9. The number of carbonyl (C=O) groups excluding carboxylic acids is 1. The Morgan fingerprint density at radius 1 is 0.956 bits per heavy atom. The number of pyridine rings is 1. The van der Waals surface area contributed by atoms with Gasteiger partial charge in [0.1, 0.15) is 35.1 Å². The van der Waals surface area contributed by atoms with Crippen molar-refractivity contribution in [3.63, 3.8) is 0 Å². The van der Waals surface area contributed by atoms with Crippen molar-refractivity contribution in [2.45, 2.75) is 37.6 Å². The molecular weight excluding hydrogens is 594 g/mol. The Hall–Kier alpha value is -3.82. The Kier molecular flexibility index (Phi) is 8.68. The van der Waals surface area contributed by atoms with E-state index in [-0.39, 0.29) is 17.5 Å². The van der Waals surface area contributed by atoms with Crippen LogP contribution < -0.4 is 19.5 Å². The maximum Gasteiger partial charge on any atom is 0.330 e. The van der Waals surface area contributed by atoms with E-state index >= 15 is 0 Å². The van der Waals surface area contributed by atoms with Crippen LogP contribution in [0.3, 0.4) is 0 Å². The molecule has 2 N–H and O–H groups in total. The molecular formula is C35H40ClN3O6. The lowest BCUT2D eigenvalue weighted by Crippen LogP contribution is -2.70. The molecule has 1 amide bonds. The maximum absolute atomic E-state index is 14.0. The van der Waals surface area contributed by atoms with E-state index < -0.39 is 17.4 Å². The van der Waals surface area contributed by atoms with Gasteiger partial charge in [-0.1, -0.05) is 23.7 Å². The summed E-state index contributed by atoms with van der Waals surface area (Å²) in [6.45, 7) is 1.13. The van der Waals surface area contributed by atoms with E-state index in [4.69, 9.17) is 30.8 Å². The normalized spacial score (nSPS) is 24.8. The van der Waals surface area contributed by atoms with Crippen molar-refractivity contribution in [3.8, 4) is 39.6 Å². The molecule has 1 heterocycles. The van der Waals surface area contributed by atoms with Gasteiger partial charge in [0.15, 0.2) is 0 Å². The molecule has 0 atom stereocenters. The van der Waals surface area contributed by atoms with Crippen LogP contribution in [0.4, 0.5) is 0 Å². The van der Waals surface area contributed by atoms with Crippen LogP contribution in [0, 0.1) is 23.7 Å². The van der Waals surface area contributed by atoms with Crippen molar-refractivity contribution in [1.29, 1.82) is 0 Å². The molecule has 7 rings (SSSR count). The first kappa shape index (κ1) is 31.2. The number of benzene rings is 2. The summed E-state index contributed by atoms with van der Waals surface area (Å²) in [5.74, 6) is 1.14. The second kappa shape index (κ2) is 12.5. The minimum absolute atomic E-state index is 0.0788. The molecule has 3 aromatic rings. The molecule has 4 bridgehead atoms. The maximum atomic E-state index is 14.0. The van der Waals surface area contributed by atoms with E-state index in [0.29, 0.717) is 69.6 Å². The minimum atomic E-state index is -1.29. The number of rotatable bonds is 11. The second-order valence-corrected chi connectivity index (χ2v) is 13.3. The Labute approximate surface area is 268 Å². The predicted molar refractivity (Wildman–Crippen MR) is 172 cm³/mol. The van der Waals surface area contributed by atoms with E-state index in [1.165, 1.54) is 6.42 Å². The number of carboxylic acids is 1. The molecule has 9 nitrogen and oxygen atoms in total. The molecule has 238 valence electrons. The molecule has 0 unspecified atom stereocenters. The van der Waals surface area contributed by atoms with Gasteiger partial charge in [-0.05, 0) is 106 Å². The lowest BCUT2D eigenvalue weighted by atomic mass is 9.48. The third-order valence-corrected chi connectivity index (χ3v) is 10.2. The van der Waals surface area contributed by atoms with Crippen molar-refractivity contribution in [2.24, 2.45) is 23.7 Å². The van der Waals surface area contributed by atoms with Gasteiger partial charge < -0.3 is 29.5 Å². The van der Waals surface area contributed by atoms with Crippen molar-refractivity contribution >= 4 is 23.5 Å². The molecule has 0 spiro atoms. The number of aliphatic carboxylic acids is 1. The van der Waals surface area contributed by atoms with Gasteiger partial charge in [0.2, 0.25) is 0 Å². The number of hydrogen-bond acceptors (Lipinski definition) is 7. The Bertz CT molecular complexity index is 1560. The highest BCUT2D eigenvalue weighted by molar-refractivity contribution is 6.32. The van der Waals surface area contributed by atoms with Gasteiger partial charge in [0.05, 0.1) is 30.5 Å². The zero-order valence-corrected chi connectivity index (χ0v) is 26.9. The quantitative estimate of drug-likeness (QED) is 0.263. The van der Waals surface area contributed by atoms with Crippen LogP contribution in [0.15, 0.2) is 48.5 Å². The van der Waals surface area contributed by atoms with Gasteiger partial charge in [0.25, 0.3) is 5.91 Å². The number of ether oxygens (including phenoxy) is 3. The van der Waals surface area contributed by atoms with Gasteiger partial charge in [0, 0.05) is 17.7 Å². The Morgan fingerprint density at radius 3 is 2.18 bits per heavy atom. The van der Waals surface area contributed by atoms with Crippen molar-refractivity contribution < 1.29 is 28.9 Å². The second-order valence-electron chi connectivity index (χ2n) is 12.9. The molecule has 4 aliphatic rings. The Balaban J connectivity index is 1.43. The van der Waals surface area contributed by atoms with Gasteiger partial charge in [-0.2, -0.15) is 0 Å². The zero-order valence-electron chi connectivity index (χ0n) is 26.1. The predicted octanol–water partition coefficient (Wildman–Crippen LogP) is 6.04. The number of carbonyl (C=O) groups is 2. The highest BCUT2D eigenvalue weighted by atomic mass is 35.5. The number of nitrogens with zero attached hydrogens (tertiary/aromatic N) is 2. The summed E-state index contributed by atoms with van der Waals surface area (Å²) in [7, 11) is 7.10. The van der Waals surface area contributed by atoms with Crippen LogP contribution in [0.25, 0.3) is 22.4 Å². The van der Waals surface area contributed by atoms with Crippen molar-refractivity contribution in [3.05, 3.63) is 59.2 Å². The first-order valence-electron chi connectivity index (χ1n) is 15.5. The molecule has 0 aliphatic heterocycles. The number of likely N-dealkylation sites (N-methyl/N-ethyl adjacent to an activating group) is 1. The van der Waals surface area contributed by atoms with Gasteiger partial charge >= 0.3 is 5.97 Å². The number of halogens is 1. The fourth-order valence-electron chi connectivity index (χ4n) is 8.01. The largest absolute Gasteiger partial charge is 0.496 e. The molecule has 10 heteroatoms. The van der Waals surface area contributed by atoms with Crippen LogP contribution in [0.2, 0.25) is 5.02 Å². The zero-order chi connectivity index (χ0) is 31.9. The third kappa shape index (κ3) is 5.72. The van der Waals surface area contributed by atoms with Crippen LogP contribution in [0.5, 0.6) is 17.2 Å². The number of nitrogens with one attached hydrogen (secondary N) is 1.